The van der Waals surface area contributed by atoms with Gasteiger partial charge in [-0.15, -0.1) is 0 Å². The average molecular weight is 231 g/mol. The molecule has 0 fully saturated rings. The first-order valence-corrected chi connectivity index (χ1v) is 5.51. The molecule has 0 saturated carbocycles. The minimum atomic E-state index is -0.812. The molecule has 17 heavy (non-hydrogen) atoms. The Morgan fingerprint density at radius 3 is 2.76 bits per heavy atom. The van der Waals surface area contributed by atoms with Gasteiger partial charge in [0.25, 0.3) is 0 Å². The summed E-state index contributed by atoms with van der Waals surface area (Å²) in [5, 5.41) is 0.921. The van der Waals surface area contributed by atoms with Crippen molar-refractivity contribution >= 4 is 22.8 Å². The molecule has 0 amide bonds. The van der Waals surface area contributed by atoms with E-state index >= 15 is 0 Å². The van der Waals surface area contributed by atoms with Crippen molar-refractivity contribution in [2.75, 3.05) is 6.61 Å². The van der Waals surface area contributed by atoms with Gasteiger partial charge in [-0.05, 0) is 18.6 Å². The summed E-state index contributed by atoms with van der Waals surface area (Å²) in [6, 6.07) is 9.17. The molecule has 0 spiro atoms. The molecule has 1 aromatic heterocycles. The van der Waals surface area contributed by atoms with E-state index in [-0.39, 0.29) is 6.61 Å². The molecular formula is C13H13NO3. The van der Waals surface area contributed by atoms with Gasteiger partial charge in [-0.3, -0.25) is 9.36 Å². The second kappa shape index (κ2) is 4.82. The maximum absolute atomic E-state index is 11.8. The molecule has 1 heterocycles. The standard InChI is InChI=1S/C13H13NO3/c1-2-9-17-13(16)12(15)14-8-7-10-5-3-4-6-11(10)14/h3-8H,2,9H2,1H3. The highest BCUT2D eigenvalue weighted by Gasteiger charge is 2.18. The second-order valence-electron chi connectivity index (χ2n) is 3.69. The number of para-hydroxylation sites is 1. The monoisotopic (exact) mass is 231 g/mol. The average Bonchev–Trinajstić information content (AvgIpc) is 2.78. The number of carbonyl (C=O) groups excluding carboxylic acids is 2. The van der Waals surface area contributed by atoms with Crippen LogP contribution < -0.4 is 0 Å². The van der Waals surface area contributed by atoms with Crippen LogP contribution in [0, 0.1) is 0 Å². The van der Waals surface area contributed by atoms with Crippen molar-refractivity contribution in [3.8, 4) is 0 Å². The molecule has 0 radical (unpaired) electrons. The van der Waals surface area contributed by atoms with Gasteiger partial charge in [0.2, 0.25) is 0 Å². The van der Waals surface area contributed by atoms with Crippen LogP contribution >= 0.6 is 0 Å². The van der Waals surface area contributed by atoms with Crippen LogP contribution in [0.1, 0.15) is 18.1 Å². The Balaban J connectivity index is 2.28. The quantitative estimate of drug-likeness (QED) is 0.588. The molecule has 2 rings (SSSR count). The molecule has 2 aromatic rings. The van der Waals surface area contributed by atoms with Crippen LogP contribution in [0.5, 0.6) is 0 Å². The van der Waals surface area contributed by atoms with Crippen molar-refractivity contribution in [1.82, 2.24) is 4.57 Å². The smallest absolute Gasteiger partial charge is 0.397 e. The lowest BCUT2D eigenvalue weighted by molar-refractivity contribution is -0.138. The number of hydrogen-bond acceptors (Lipinski definition) is 3. The van der Waals surface area contributed by atoms with Gasteiger partial charge in [0.1, 0.15) is 0 Å². The minimum absolute atomic E-state index is 0.268. The molecule has 0 aliphatic rings. The van der Waals surface area contributed by atoms with Crippen molar-refractivity contribution < 1.29 is 14.3 Å². The number of ether oxygens (including phenoxy) is 1. The van der Waals surface area contributed by atoms with Crippen LogP contribution in [0.4, 0.5) is 0 Å². The maximum atomic E-state index is 11.8. The Hall–Kier alpha value is -2.10. The third kappa shape index (κ3) is 2.20. The van der Waals surface area contributed by atoms with Crippen LogP contribution in [0.25, 0.3) is 10.9 Å². The Labute approximate surface area is 98.8 Å². The summed E-state index contributed by atoms with van der Waals surface area (Å²) in [6.07, 6.45) is 2.28. The highest BCUT2D eigenvalue weighted by atomic mass is 16.5. The first-order valence-electron chi connectivity index (χ1n) is 5.51. The van der Waals surface area contributed by atoms with Crippen LogP contribution in [-0.2, 0) is 9.53 Å². The molecule has 4 nitrogen and oxygen atoms in total. The predicted octanol–water partition coefficient (Wildman–Crippen LogP) is 2.23. The number of fused-ring (bicyclic) bond motifs is 1. The molecule has 4 heteroatoms. The highest BCUT2D eigenvalue weighted by Crippen LogP contribution is 2.14. The molecule has 0 bridgehead atoms. The lowest BCUT2D eigenvalue weighted by atomic mass is 10.2. The minimum Gasteiger partial charge on any atom is -0.459 e. The van der Waals surface area contributed by atoms with E-state index in [1.54, 1.807) is 18.3 Å². The van der Waals surface area contributed by atoms with E-state index in [1.807, 2.05) is 25.1 Å². The maximum Gasteiger partial charge on any atom is 0.397 e. The Kier molecular flexibility index (Phi) is 3.23. The van der Waals surface area contributed by atoms with Crippen molar-refractivity contribution in [3.63, 3.8) is 0 Å². The fraction of sp³-hybridized carbons (Fsp3) is 0.231. The third-order valence-electron chi connectivity index (χ3n) is 2.43. The SMILES string of the molecule is CCCOC(=O)C(=O)n1ccc2ccccc21. The van der Waals surface area contributed by atoms with Crippen molar-refractivity contribution in [1.29, 1.82) is 0 Å². The van der Waals surface area contributed by atoms with Gasteiger partial charge in [0.15, 0.2) is 0 Å². The van der Waals surface area contributed by atoms with Crippen molar-refractivity contribution in [2.24, 2.45) is 0 Å². The number of carbonyl (C=O) groups is 2. The lowest BCUT2D eigenvalue weighted by Gasteiger charge is -2.04. The third-order valence-corrected chi connectivity index (χ3v) is 2.43. The van der Waals surface area contributed by atoms with Gasteiger partial charge in [-0.1, -0.05) is 25.1 Å². The number of nitrogens with zero attached hydrogens (tertiary/aromatic N) is 1. The molecule has 88 valence electrons. The number of aromatic nitrogens is 1. The molecular weight excluding hydrogens is 218 g/mol. The fourth-order valence-electron chi connectivity index (χ4n) is 1.61. The van der Waals surface area contributed by atoms with Gasteiger partial charge < -0.3 is 4.74 Å². The Morgan fingerprint density at radius 1 is 1.24 bits per heavy atom. The number of esters is 1. The summed E-state index contributed by atoms with van der Waals surface area (Å²) in [6.45, 7) is 2.15. The highest BCUT2D eigenvalue weighted by molar-refractivity contribution is 6.34. The van der Waals surface area contributed by atoms with Gasteiger partial charge in [-0.25, -0.2) is 4.79 Å². The first-order chi connectivity index (χ1) is 8.24. The first kappa shape index (κ1) is 11.4. The summed E-state index contributed by atoms with van der Waals surface area (Å²) in [7, 11) is 0. The number of benzene rings is 1. The van der Waals surface area contributed by atoms with Crippen molar-refractivity contribution in [3.05, 3.63) is 36.5 Å². The van der Waals surface area contributed by atoms with Crippen LogP contribution in [-0.4, -0.2) is 23.1 Å². The molecule has 0 aliphatic carbocycles. The predicted molar refractivity (Wildman–Crippen MR) is 63.8 cm³/mol. The van der Waals surface area contributed by atoms with Crippen LogP contribution in [0.3, 0.4) is 0 Å². The topological polar surface area (TPSA) is 48.3 Å². The molecule has 0 aliphatic heterocycles. The largest absolute Gasteiger partial charge is 0.459 e. The van der Waals surface area contributed by atoms with E-state index in [0.717, 1.165) is 5.39 Å². The second-order valence-corrected chi connectivity index (χ2v) is 3.69. The summed E-state index contributed by atoms with van der Waals surface area (Å²) in [5.74, 6) is -1.46. The molecule has 0 atom stereocenters. The van der Waals surface area contributed by atoms with E-state index in [0.29, 0.717) is 11.9 Å². The summed E-state index contributed by atoms with van der Waals surface area (Å²) in [5.41, 5.74) is 0.714. The zero-order chi connectivity index (χ0) is 12.3. The summed E-state index contributed by atoms with van der Waals surface area (Å²) < 4.78 is 6.13. The van der Waals surface area contributed by atoms with E-state index < -0.39 is 11.9 Å². The number of rotatable bonds is 2. The van der Waals surface area contributed by atoms with Crippen molar-refractivity contribution in [2.45, 2.75) is 13.3 Å². The lowest BCUT2D eigenvalue weighted by Crippen LogP contribution is -2.23. The zero-order valence-electron chi connectivity index (χ0n) is 9.55. The van der Waals surface area contributed by atoms with E-state index in [1.165, 1.54) is 4.57 Å². The summed E-state index contributed by atoms with van der Waals surface area (Å²) in [4.78, 5) is 23.3. The Bertz CT molecular complexity index is 557. The number of hydrogen-bond donors (Lipinski definition) is 0. The van der Waals surface area contributed by atoms with Gasteiger partial charge in [0, 0.05) is 11.6 Å². The Morgan fingerprint density at radius 2 is 2.00 bits per heavy atom. The van der Waals surface area contributed by atoms with E-state index in [4.69, 9.17) is 4.74 Å². The van der Waals surface area contributed by atoms with Crippen LogP contribution in [0.2, 0.25) is 0 Å². The molecule has 0 unspecified atom stereocenters. The molecule has 0 saturated heterocycles. The molecule has 0 N–H and O–H groups in total. The van der Waals surface area contributed by atoms with Crippen LogP contribution in [0.15, 0.2) is 36.5 Å². The zero-order valence-corrected chi connectivity index (χ0v) is 9.55. The van der Waals surface area contributed by atoms with E-state index in [9.17, 15) is 9.59 Å². The van der Waals surface area contributed by atoms with Gasteiger partial charge >= 0.3 is 11.9 Å². The summed E-state index contributed by atoms with van der Waals surface area (Å²) >= 11 is 0. The normalized spacial score (nSPS) is 10.4. The van der Waals surface area contributed by atoms with Gasteiger partial charge in [0.05, 0.1) is 12.1 Å². The van der Waals surface area contributed by atoms with E-state index in [2.05, 4.69) is 0 Å². The molecule has 1 aromatic carbocycles. The van der Waals surface area contributed by atoms with Gasteiger partial charge in [-0.2, -0.15) is 0 Å². The fourth-order valence-corrected chi connectivity index (χ4v) is 1.61.